The van der Waals surface area contributed by atoms with Crippen LogP contribution in [0, 0.1) is 0 Å². The summed E-state index contributed by atoms with van der Waals surface area (Å²) in [6.45, 7) is 0.569. The van der Waals surface area contributed by atoms with Gasteiger partial charge in [0.25, 0.3) is 0 Å². The van der Waals surface area contributed by atoms with Crippen LogP contribution in [0.4, 0.5) is 0 Å². The minimum absolute atomic E-state index is 0.251. The molecular formula is C20H22O3. The molecule has 2 rings (SSSR count). The highest BCUT2D eigenvalue weighted by Crippen LogP contribution is 2.15. The van der Waals surface area contributed by atoms with Crippen LogP contribution in [0.3, 0.4) is 0 Å². The van der Waals surface area contributed by atoms with Crippen molar-refractivity contribution in [2.24, 2.45) is 0 Å². The molecule has 0 bridgehead atoms. The van der Waals surface area contributed by atoms with Crippen LogP contribution in [-0.2, 0) is 11.4 Å². The zero-order chi connectivity index (χ0) is 16.3. The van der Waals surface area contributed by atoms with Crippen LogP contribution in [0.5, 0.6) is 5.75 Å². The van der Waals surface area contributed by atoms with E-state index in [2.05, 4.69) is 12.2 Å². The average Bonchev–Trinajstić information content (AvgIpc) is 2.58. The summed E-state index contributed by atoms with van der Waals surface area (Å²) < 4.78 is 5.75. The van der Waals surface area contributed by atoms with E-state index in [4.69, 9.17) is 9.84 Å². The number of ether oxygens (including phenoxy) is 1. The number of aliphatic carboxylic acids is 1. The Balaban J connectivity index is 1.72. The molecule has 0 fully saturated rings. The molecule has 0 heterocycles. The van der Waals surface area contributed by atoms with Gasteiger partial charge in [-0.25, -0.2) is 0 Å². The lowest BCUT2D eigenvalue weighted by atomic mass is 10.1. The van der Waals surface area contributed by atoms with Crippen LogP contribution in [0.1, 0.15) is 36.8 Å². The number of hydrogen-bond donors (Lipinski definition) is 1. The molecule has 0 aliphatic heterocycles. The summed E-state index contributed by atoms with van der Waals surface area (Å²) in [4.78, 5) is 10.4. The van der Waals surface area contributed by atoms with Gasteiger partial charge in [0.15, 0.2) is 0 Å². The summed E-state index contributed by atoms with van der Waals surface area (Å²) in [5, 5.41) is 8.56. The number of unbranched alkanes of at least 4 members (excludes halogenated alkanes) is 2. The molecule has 0 saturated carbocycles. The smallest absolute Gasteiger partial charge is 0.303 e. The van der Waals surface area contributed by atoms with Gasteiger partial charge in [0.1, 0.15) is 12.4 Å². The molecule has 1 N–H and O–H groups in total. The Bertz CT molecular complexity index is 615. The van der Waals surface area contributed by atoms with Crippen molar-refractivity contribution in [3.8, 4) is 5.75 Å². The lowest BCUT2D eigenvalue weighted by Gasteiger charge is -2.06. The molecule has 120 valence electrons. The van der Waals surface area contributed by atoms with Gasteiger partial charge in [-0.15, -0.1) is 0 Å². The summed E-state index contributed by atoms with van der Waals surface area (Å²) in [6, 6.07) is 18.1. The van der Waals surface area contributed by atoms with Gasteiger partial charge in [0.05, 0.1) is 0 Å². The quantitative estimate of drug-likeness (QED) is 0.668. The average molecular weight is 310 g/mol. The standard InChI is InChI=1S/C20H22O3/c21-20(22)11-7-2-1-4-8-17-12-14-19(15-13-17)23-16-18-9-5-3-6-10-18/h3-6,8-10,12-15H,1-2,7,11,16H2,(H,21,22)/b8-4+. The molecule has 0 aromatic heterocycles. The Labute approximate surface area is 137 Å². The number of rotatable bonds is 9. The van der Waals surface area contributed by atoms with Gasteiger partial charge >= 0.3 is 5.97 Å². The van der Waals surface area contributed by atoms with E-state index in [-0.39, 0.29) is 6.42 Å². The van der Waals surface area contributed by atoms with Gasteiger partial charge < -0.3 is 9.84 Å². The van der Waals surface area contributed by atoms with Crippen LogP contribution in [0.15, 0.2) is 60.7 Å². The minimum atomic E-state index is -0.722. The Morgan fingerprint density at radius 1 is 1.00 bits per heavy atom. The molecular weight excluding hydrogens is 288 g/mol. The van der Waals surface area contributed by atoms with E-state index in [1.54, 1.807) is 0 Å². The predicted molar refractivity (Wildman–Crippen MR) is 92.4 cm³/mol. The first-order valence-corrected chi connectivity index (χ1v) is 7.89. The van der Waals surface area contributed by atoms with E-state index in [0.717, 1.165) is 36.1 Å². The third-order valence-electron chi connectivity index (χ3n) is 3.45. The maximum Gasteiger partial charge on any atom is 0.303 e. The third-order valence-corrected chi connectivity index (χ3v) is 3.45. The second-order valence-corrected chi connectivity index (χ2v) is 5.39. The topological polar surface area (TPSA) is 46.5 Å². The van der Waals surface area contributed by atoms with Crippen molar-refractivity contribution >= 4 is 12.0 Å². The zero-order valence-corrected chi connectivity index (χ0v) is 13.2. The van der Waals surface area contributed by atoms with E-state index in [1.165, 1.54) is 0 Å². The van der Waals surface area contributed by atoms with Crippen LogP contribution >= 0.6 is 0 Å². The second-order valence-electron chi connectivity index (χ2n) is 5.39. The SMILES string of the molecule is O=C(O)CCCC/C=C/c1ccc(OCc2ccccc2)cc1. The summed E-state index contributed by atoms with van der Waals surface area (Å²) in [5.41, 5.74) is 2.27. The largest absolute Gasteiger partial charge is 0.489 e. The summed E-state index contributed by atoms with van der Waals surface area (Å²) >= 11 is 0. The number of benzene rings is 2. The molecule has 0 spiro atoms. The number of carboxylic acids is 1. The van der Waals surface area contributed by atoms with Crippen molar-refractivity contribution in [2.75, 3.05) is 0 Å². The van der Waals surface area contributed by atoms with Crippen molar-refractivity contribution < 1.29 is 14.6 Å². The van der Waals surface area contributed by atoms with Crippen molar-refractivity contribution in [3.05, 3.63) is 71.8 Å². The number of allylic oxidation sites excluding steroid dienone is 1. The molecule has 0 saturated heterocycles. The fourth-order valence-corrected chi connectivity index (χ4v) is 2.17. The molecule has 0 atom stereocenters. The first-order valence-electron chi connectivity index (χ1n) is 7.89. The van der Waals surface area contributed by atoms with Crippen LogP contribution in [0.25, 0.3) is 6.08 Å². The molecule has 0 amide bonds. The highest BCUT2D eigenvalue weighted by atomic mass is 16.5. The van der Waals surface area contributed by atoms with Crippen LogP contribution in [0.2, 0.25) is 0 Å². The molecule has 0 radical (unpaired) electrons. The van der Waals surface area contributed by atoms with Gasteiger partial charge in [0, 0.05) is 6.42 Å². The highest BCUT2D eigenvalue weighted by molar-refractivity contribution is 5.66. The second kappa shape index (κ2) is 9.46. The molecule has 3 nitrogen and oxygen atoms in total. The summed E-state index contributed by atoms with van der Waals surface area (Å²) in [5.74, 6) is 0.132. The molecule has 2 aromatic carbocycles. The van der Waals surface area contributed by atoms with Crippen molar-refractivity contribution in [1.82, 2.24) is 0 Å². The van der Waals surface area contributed by atoms with E-state index >= 15 is 0 Å². The van der Waals surface area contributed by atoms with Gasteiger partial charge in [-0.05, 0) is 42.5 Å². The highest BCUT2D eigenvalue weighted by Gasteiger charge is 1.96. The molecule has 2 aromatic rings. The fraction of sp³-hybridized carbons (Fsp3) is 0.250. The number of carboxylic acid groups (broad SMARTS) is 1. The number of hydrogen-bond acceptors (Lipinski definition) is 2. The predicted octanol–water partition coefficient (Wildman–Crippen LogP) is 4.92. The van der Waals surface area contributed by atoms with Crippen LogP contribution < -0.4 is 4.74 Å². The zero-order valence-electron chi connectivity index (χ0n) is 13.2. The molecule has 0 unspecified atom stereocenters. The van der Waals surface area contributed by atoms with Gasteiger partial charge in [-0.2, -0.15) is 0 Å². The summed E-state index contributed by atoms with van der Waals surface area (Å²) in [6.07, 6.45) is 6.93. The monoisotopic (exact) mass is 310 g/mol. The van der Waals surface area contributed by atoms with Crippen molar-refractivity contribution in [3.63, 3.8) is 0 Å². The van der Waals surface area contributed by atoms with E-state index < -0.39 is 5.97 Å². The molecule has 0 aliphatic carbocycles. The molecule has 0 aliphatic rings. The van der Waals surface area contributed by atoms with Crippen molar-refractivity contribution in [1.29, 1.82) is 0 Å². The fourth-order valence-electron chi connectivity index (χ4n) is 2.17. The number of carbonyl (C=O) groups is 1. The lowest BCUT2D eigenvalue weighted by Crippen LogP contribution is -1.94. The Morgan fingerprint density at radius 3 is 2.43 bits per heavy atom. The Hall–Kier alpha value is -2.55. The molecule has 23 heavy (non-hydrogen) atoms. The van der Waals surface area contributed by atoms with E-state index in [0.29, 0.717) is 6.61 Å². The van der Waals surface area contributed by atoms with E-state index in [1.807, 2.05) is 54.6 Å². The van der Waals surface area contributed by atoms with Gasteiger partial charge in [-0.3, -0.25) is 4.79 Å². The third kappa shape index (κ3) is 6.83. The van der Waals surface area contributed by atoms with Gasteiger partial charge in [0.2, 0.25) is 0 Å². The summed E-state index contributed by atoms with van der Waals surface area (Å²) in [7, 11) is 0. The van der Waals surface area contributed by atoms with E-state index in [9.17, 15) is 4.79 Å². The lowest BCUT2D eigenvalue weighted by molar-refractivity contribution is -0.137. The van der Waals surface area contributed by atoms with Crippen LogP contribution in [-0.4, -0.2) is 11.1 Å². The maximum atomic E-state index is 10.4. The van der Waals surface area contributed by atoms with Gasteiger partial charge in [-0.1, -0.05) is 54.6 Å². The maximum absolute atomic E-state index is 10.4. The first kappa shape index (κ1) is 16.8. The first-order chi connectivity index (χ1) is 11.2. The van der Waals surface area contributed by atoms with Crippen molar-refractivity contribution in [2.45, 2.75) is 32.3 Å². The minimum Gasteiger partial charge on any atom is -0.489 e. The Kier molecular flexibility index (Phi) is 6.92. The Morgan fingerprint density at radius 2 is 1.74 bits per heavy atom. The molecule has 3 heteroatoms. The normalized spacial score (nSPS) is 10.8.